The van der Waals surface area contributed by atoms with E-state index in [-0.39, 0.29) is 5.56 Å². The molecule has 108 valence electrons. The average molecular weight is 273 g/mol. The van der Waals surface area contributed by atoms with Gasteiger partial charge in [-0.15, -0.1) is 0 Å². The van der Waals surface area contributed by atoms with Crippen molar-refractivity contribution < 1.29 is 0 Å². The van der Waals surface area contributed by atoms with Gasteiger partial charge in [-0.2, -0.15) is 0 Å². The van der Waals surface area contributed by atoms with Gasteiger partial charge in [0.25, 0.3) is 5.56 Å². The summed E-state index contributed by atoms with van der Waals surface area (Å²) in [6, 6.07) is 7.39. The Morgan fingerprint density at radius 2 is 1.80 bits per heavy atom. The van der Waals surface area contributed by atoms with Crippen LogP contribution in [0.1, 0.15) is 27.7 Å². The Balaban J connectivity index is 2.20. The van der Waals surface area contributed by atoms with Crippen LogP contribution in [-0.4, -0.2) is 16.5 Å². The lowest BCUT2D eigenvalue weighted by Gasteiger charge is -2.25. The molecule has 0 saturated carbocycles. The van der Waals surface area contributed by atoms with E-state index in [2.05, 4.69) is 43.0 Å². The van der Waals surface area contributed by atoms with Gasteiger partial charge in [-0.3, -0.25) is 9.78 Å². The van der Waals surface area contributed by atoms with Crippen LogP contribution in [0.4, 0.5) is 5.95 Å². The molecule has 0 bridgehead atoms. The third-order valence-corrected chi connectivity index (χ3v) is 3.83. The summed E-state index contributed by atoms with van der Waals surface area (Å²) in [6.07, 6.45) is 0. The second kappa shape index (κ2) is 6.07. The van der Waals surface area contributed by atoms with Crippen LogP contribution >= 0.6 is 0 Å². The smallest absolute Gasteiger partial charge is 0.260 e. The second-order valence-electron chi connectivity index (χ2n) is 5.96. The highest BCUT2D eigenvalue weighted by Gasteiger charge is 2.17. The van der Waals surface area contributed by atoms with Gasteiger partial charge in [0.1, 0.15) is 0 Å². The lowest BCUT2D eigenvalue weighted by molar-refractivity contribution is 0.304. The van der Waals surface area contributed by atoms with Crippen LogP contribution in [0.15, 0.2) is 29.1 Å². The molecule has 0 atom stereocenters. The molecule has 20 heavy (non-hydrogen) atoms. The fourth-order valence-corrected chi connectivity index (χ4v) is 2.63. The van der Waals surface area contributed by atoms with Gasteiger partial charge in [0.05, 0.1) is 10.9 Å². The summed E-state index contributed by atoms with van der Waals surface area (Å²) < 4.78 is 0. The minimum atomic E-state index is -0.0938. The Morgan fingerprint density at radius 3 is 2.45 bits per heavy atom. The number of fused-ring (bicyclic) bond motifs is 1. The summed E-state index contributed by atoms with van der Waals surface area (Å²) in [7, 11) is 0. The van der Waals surface area contributed by atoms with E-state index in [0.29, 0.717) is 29.1 Å². The van der Waals surface area contributed by atoms with E-state index in [1.54, 1.807) is 6.07 Å². The van der Waals surface area contributed by atoms with Crippen LogP contribution in [-0.2, 0) is 0 Å². The Bertz CT molecular complexity index is 623. The molecule has 0 unspecified atom stereocenters. The number of para-hydroxylation sites is 1. The number of rotatable bonds is 5. The molecule has 2 N–H and O–H groups in total. The highest BCUT2D eigenvalue weighted by atomic mass is 16.1. The molecule has 1 heterocycles. The zero-order valence-electron chi connectivity index (χ0n) is 12.6. The molecule has 2 rings (SSSR count). The van der Waals surface area contributed by atoms with Gasteiger partial charge in [0.2, 0.25) is 5.95 Å². The Kier molecular flexibility index (Phi) is 4.42. The molecular formula is C16H23N3O. The molecule has 0 amide bonds. The monoisotopic (exact) mass is 273 g/mol. The Morgan fingerprint density at radius 1 is 1.15 bits per heavy atom. The molecule has 0 fully saturated rings. The molecule has 4 nitrogen and oxygen atoms in total. The molecule has 0 saturated heterocycles. The first-order chi connectivity index (χ1) is 9.49. The number of benzene rings is 1. The van der Waals surface area contributed by atoms with Crippen LogP contribution < -0.4 is 10.9 Å². The molecule has 0 aliphatic rings. The van der Waals surface area contributed by atoms with Gasteiger partial charge < -0.3 is 5.32 Å². The fourth-order valence-electron chi connectivity index (χ4n) is 2.63. The molecule has 0 spiro atoms. The van der Waals surface area contributed by atoms with Crippen molar-refractivity contribution in [2.24, 2.45) is 17.8 Å². The molecule has 2 aromatic rings. The predicted octanol–water partition coefficient (Wildman–Crippen LogP) is 3.26. The fraction of sp³-hybridized carbons (Fsp3) is 0.500. The van der Waals surface area contributed by atoms with Crippen molar-refractivity contribution in [1.29, 1.82) is 0 Å². The second-order valence-corrected chi connectivity index (χ2v) is 5.96. The molecule has 0 aliphatic carbocycles. The predicted molar refractivity (Wildman–Crippen MR) is 84.0 cm³/mol. The number of anilines is 1. The maximum absolute atomic E-state index is 12.0. The normalized spacial score (nSPS) is 11.8. The third-order valence-electron chi connectivity index (χ3n) is 3.83. The summed E-state index contributed by atoms with van der Waals surface area (Å²) in [5.74, 6) is 2.29. The number of nitrogens with one attached hydrogen (secondary N) is 2. The van der Waals surface area contributed by atoms with Gasteiger partial charge in [-0.1, -0.05) is 39.8 Å². The first-order valence-electron chi connectivity index (χ1n) is 7.22. The van der Waals surface area contributed by atoms with E-state index >= 15 is 0 Å². The molecule has 0 radical (unpaired) electrons. The van der Waals surface area contributed by atoms with E-state index in [0.717, 1.165) is 12.1 Å². The largest absolute Gasteiger partial charge is 0.355 e. The Labute approximate surface area is 119 Å². The molecule has 1 aromatic carbocycles. The van der Waals surface area contributed by atoms with Gasteiger partial charge in [-0.25, -0.2) is 4.98 Å². The standard InChI is InChI=1S/C16H23N3O/c1-10(2)13(11(3)4)9-17-16-18-14-8-6-5-7-12(14)15(20)19-16/h5-8,10-11,13H,9H2,1-4H3,(H2,17,18,19,20). The average Bonchev–Trinajstić information content (AvgIpc) is 2.38. The minimum Gasteiger partial charge on any atom is -0.355 e. The van der Waals surface area contributed by atoms with Crippen LogP contribution in [0, 0.1) is 17.8 Å². The van der Waals surface area contributed by atoms with E-state index in [4.69, 9.17) is 0 Å². The maximum atomic E-state index is 12.0. The minimum absolute atomic E-state index is 0.0938. The van der Waals surface area contributed by atoms with E-state index in [1.807, 2.05) is 18.2 Å². The Hall–Kier alpha value is -1.84. The number of aromatic nitrogens is 2. The summed E-state index contributed by atoms with van der Waals surface area (Å²) in [5, 5.41) is 3.90. The van der Waals surface area contributed by atoms with Crippen molar-refractivity contribution in [2.75, 3.05) is 11.9 Å². The van der Waals surface area contributed by atoms with Crippen LogP contribution in [0.3, 0.4) is 0 Å². The summed E-state index contributed by atoms with van der Waals surface area (Å²) in [5.41, 5.74) is 0.633. The van der Waals surface area contributed by atoms with E-state index in [1.165, 1.54) is 0 Å². The SMILES string of the molecule is CC(C)C(CNc1nc2ccccc2c(=O)[nH]1)C(C)C. The third kappa shape index (κ3) is 3.18. The van der Waals surface area contributed by atoms with Crippen molar-refractivity contribution in [1.82, 2.24) is 9.97 Å². The lowest BCUT2D eigenvalue weighted by atomic mass is 9.85. The first-order valence-corrected chi connectivity index (χ1v) is 7.22. The van der Waals surface area contributed by atoms with E-state index in [9.17, 15) is 4.79 Å². The van der Waals surface area contributed by atoms with Gasteiger partial charge in [-0.05, 0) is 29.9 Å². The molecule has 1 aromatic heterocycles. The van der Waals surface area contributed by atoms with Crippen LogP contribution in [0.25, 0.3) is 10.9 Å². The first kappa shape index (κ1) is 14.6. The highest BCUT2D eigenvalue weighted by molar-refractivity contribution is 5.78. The molecule has 0 aliphatic heterocycles. The summed E-state index contributed by atoms with van der Waals surface area (Å²) in [6.45, 7) is 9.72. The zero-order valence-corrected chi connectivity index (χ0v) is 12.6. The van der Waals surface area contributed by atoms with Crippen molar-refractivity contribution in [3.8, 4) is 0 Å². The van der Waals surface area contributed by atoms with Crippen molar-refractivity contribution in [3.05, 3.63) is 34.6 Å². The van der Waals surface area contributed by atoms with Gasteiger partial charge in [0, 0.05) is 6.54 Å². The number of nitrogens with zero attached hydrogens (tertiary/aromatic N) is 1. The van der Waals surface area contributed by atoms with Gasteiger partial charge in [0.15, 0.2) is 0 Å². The zero-order chi connectivity index (χ0) is 14.7. The molecular weight excluding hydrogens is 250 g/mol. The van der Waals surface area contributed by atoms with Crippen LogP contribution in [0.5, 0.6) is 0 Å². The highest BCUT2D eigenvalue weighted by Crippen LogP contribution is 2.20. The molecule has 4 heteroatoms. The van der Waals surface area contributed by atoms with Crippen molar-refractivity contribution >= 4 is 16.9 Å². The lowest BCUT2D eigenvalue weighted by Crippen LogP contribution is -2.26. The van der Waals surface area contributed by atoms with Gasteiger partial charge >= 0.3 is 0 Å². The van der Waals surface area contributed by atoms with E-state index < -0.39 is 0 Å². The number of hydrogen-bond donors (Lipinski definition) is 2. The number of hydrogen-bond acceptors (Lipinski definition) is 3. The number of aromatic amines is 1. The summed E-state index contributed by atoms with van der Waals surface area (Å²) in [4.78, 5) is 19.2. The summed E-state index contributed by atoms with van der Waals surface area (Å²) >= 11 is 0. The number of H-pyrrole nitrogens is 1. The maximum Gasteiger partial charge on any atom is 0.260 e. The van der Waals surface area contributed by atoms with Crippen molar-refractivity contribution in [3.63, 3.8) is 0 Å². The topological polar surface area (TPSA) is 57.8 Å². The quantitative estimate of drug-likeness (QED) is 0.879. The van der Waals surface area contributed by atoms with Crippen LogP contribution in [0.2, 0.25) is 0 Å². The van der Waals surface area contributed by atoms with Crippen molar-refractivity contribution in [2.45, 2.75) is 27.7 Å².